The summed E-state index contributed by atoms with van der Waals surface area (Å²) in [6.45, 7) is 7.79. The first-order valence-electron chi connectivity index (χ1n) is 7.63. The average molecular weight is 340 g/mol. The molecule has 1 saturated heterocycles. The molecule has 0 aromatic heterocycles. The van der Waals surface area contributed by atoms with E-state index in [1.54, 1.807) is 7.11 Å². The SMILES string of the molecule is COc1c(C(C)C)cc(Br)c(C)c1CC1CCCCN1. The minimum Gasteiger partial charge on any atom is -0.496 e. The molecule has 112 valence electrons. The Morgan fingerprint density at radius 2 is 2.15 bits per heavy atom. The molecule has 0 bridgehead atoms. The Balaban J connectivity index is 2.38. The molecule has 1 aromatic carbocycles. The highest BCUT2D eigenvalue weighted by Gasteiger charge is 2.21. The first-order valence-corrected chi connectivity index (χ1v) is 8.43. The predicted molar refractivity (Wildman–Crippen MR) is 88.9 cm³/mol. The molecule has 0 spiro atoms. The van der Waals surface area contributed by atoms with E-state index >= 15 is 0 Å². The minimum atomic E-state index is 0.472. The smallest absolute Gasteiger partial charge is 0.125 e. The summed E-state index contributed by atoms with van der Waals surface area (Å²) in [4.78, 5) is 0. The summed E-state index contributed by atoms with van der Waals surface area (Å²) in [5.74, 6) is 1.56. The largest absolute Gasteiger partial charge is 0.496 e. The lowest BCUT2D eigenvalue weighted by Gasteiger charge is -2.26. The molecule has 0 radical (unpaired) electrons. The number of ether oxygens (including phenoxy) is 1. The maximum atomic E-state index is 5.77. The molecule has 1 fully saturated rings. The Hall–Kier alpha value is -0.540. The summed E-state index contributed by atoms with van der Waals surface area (Å²) in [5.41, 5.74) is 3.99. The van der Waals surface area contributed by atoms with E-state index in [2.05, 4.69) is 48.1 Å². The van der Waals surface area contributed by atoms with E-state index in [-0.39, 0.29) is 0 Å². The van der Waals surface area contributed by atoms with Crippen LogP contribution in [0.4, 0.5) is 0 Å². The second-order valence-electron chi connectivity index (χ2n) is 6.09. The Kier molecular flexibility index (Phi) is 5.50. The Morgan fingerprint density at radius 3 is 2.70 bits per heavy atom. The van der Waals surface area contributed by atoms with Crippen molar-refractivity contribution < 1.29 is 4.74 Å². The van der Waals surface area contributed by atoms with E-state index in [0.717, 1.165) is 18.7 Å². The number of rotatable bonds is 4. The highest BCUT2D eigenvalue weighted by Crippen LogP contribution is 2.37. The first kappa shape index (κ1) is 15.8. The quantitative estimate of drug-likeness (QED) is 0.867. The number of methoxy groups -OCH3 is 1. The third-order valence-electron chi connectivity index (χ3n) is 4.32. The zero-order valence-electron chi connectivity index (χ0n) is 13.1. The normalized spacial score (nSPS) is 19.4. The number of benzene rings is 1. The third-order valence-corrected chi connectivity index (χ3v) is 5.14. The van der Waals surface area contributed by atoms with Crippen molar-refractivity contribution in [2.75, 3.05) is 13.7 Å². The summed E-state index contributed by atoms with van der Waals surface area (Å²) < 4.78 is 6.97. The number of nitrogens with one attached hydrogen (secondary N) is 1. The molecule has 2 nitrogen and oxygen atoms in total. The fraction of sp³-hybridized carbons (Fsp3) is 0.647. The van der Waals surface area contributed by atoms with E-state index in [0.29, 0.717) is 12.0 Å². The molecule has 1 aliphatic rings. The van der Waals surface area contributed by atoms with E-state index < -0.39 is 0 Å². The highest BCUT2D eigenvalue weighted by atomic mass is 79.9. The van der Waals surface area contributed by atoms with Crippen LogP contribution in [0.5, 0.6) is 5.75 Å². The molecule has 1 aliphatic heterocycles. The molecular formula is C17H26BrNO. The molecule has 0 saturated carbocycles. The predicted octanol–water partition coefficient (Wildman–Crippen LogP) is 4.57. The molecule has 1 aromatic rings. The van der Waals surface area contributed by atoms with Crippen molar-refractivity contribution >= 4 is 15.9 Å². The topological polar surface area (TPSA) is 21.3 Å². The van der Waals surface area contributed by atoms with Crippen molar-refractivity contribution in [1.29, 1.82) is 0 Å². The summed E-state index contributed by atoms with van der Waals surface area (Å²) >= 11 is 3.72. The molecule has 0 amide bonds. The van der Waals surface area contributed by atoms with Crippen molar-refractivity contribution in [2.45, 2.75) is 58.4 Å². The first-order chi connectivity index (χ1) is 9.54. The monoisotopic (exact) mass is 339 g/mol. The summed E-state index contributed by atoms with van der Waals surface area (Å²) in [6.07, 6.45) is 4.98. The van der Waals surface area contributed by atoms with Gasteiger partial charge in [-0.05, 0) is 61.4 Å². The van der Waals surface area contributed by atoms with Gasteiger partial charge in [0.2, 0.25) is 0 Å². The van der Waals surface area contributed by atoms with Crippen LogP contribution in [-0.2, 0) is 6.42 Å². The van der Waals surface area contributed by atoms with Crippen molar-refractivity contribution in [3.63, 3.8) is 0 Å². The number of hydrogen-bond acceptors (Lipinski definition) is 2. The van der Waals surface area contributed by atoms with Gasteiger partial charge in [-0.3, -0.25) is 0 Å². The molecule has 0 aliphatic carbocycles. The summed E-state index contributed by atoms with van der Waals surface area (Å²) in [5, 5.41) is 3.64. The zero-order valence-corrected chi connectivity index (χ0v) is 14.6. The van der Waals surface area contributed by atoms with Crippen molar-refractivity contribution in [1.82, 2.24) is 5.32 Å². The lowest BCUT2D eigenvalue weighted by Crippen LogP contribution is -2.35. The van der Waals surface area contributed by atoms with E-state index in [1.807, 2.05) is 0 Å². The summed E-state index contributed by atoms with van der Waals surface area (Å²) in [6, 6.07) is 2.81. The van der Waals surface area contributed by atoms with Crippen LogP contribution in [0.1, 0.15) is 55.7 Å². The van der Waals surface area contributed by atoms with Gasteiger partial charge in [-0.1, -0.05) is 36.2 Å². The molecule has 1 atom stereocenters. The van der Waals surface area contributed by atoms with Crippen molar-refractivity contribution in [2.24, 2.45) is 0 Å². The van der Waals surface area contributed by atoms with E-state index in [9.17, 15) is 0 Å². The second-order valence-corrected chi connectivity index (χ2v) is 6.94. The van der Waals surface area contributed by atoms with Gasteiger partial charge in [0, 0.05) is 10.5 Å². The van der Waals surface area contributed by atoms with Crippen LogP contribution in [0, 0.1) is 6.92 Å². The van der Waals surface area contributed by atoms with Crippen molar-refractivity contribution in [3.8, 4) is 5.75 Å². The lowest BCUT2D eigenvalue weighted by molar-refractivity contribution is 0.377. The molecule has 1 heterocycles. The van der Waals surface area contributed by atoms with Crippen LogP contribution >= 0.6 is 15.9 Å². The van der Waals surface area contributed by atoms with Crippen LogP contribution in [0.3, 0.4) is 0 Å². The minimum absolute atomic E-state index is 0.472. The van der Waals surface area contributed by atoms with Gasteiger partial charge in [-0.2, -0.15) is 0 Å². The standard InChI is InChI=1S/C17H26BrNO/c1-11(2)14-10-16(18)12(3)15(17(14)20-4)9-13-7-5-6-8-19-13/h10-11,13,19H,5-9H2,1-4H3. The van der Waals surface area contributed by atoms with E-state index in [1.165, 1.54) is 40.4 Å². The van der Waals surface area contributed by atoms with Gasteiger partial charge in [0.25, 0.3) is 0 Å². The van der Waals surface area contributed by atoms with Crippen LogP contribution in [-0.4, -0.2) is 19.7 Å². The van der Waals surface area contributed by atoms with Gasteiger partial charge in [0.15, 0.2) is 0 Å². The molecule has 3 heteroatoms. The van der Waals surface area contributed by atoms with Gasteiger partial charge >= 0.3 is 0 Å². The van der Waals surface area contributed by atoms with Gasteiger partial charge in [-0.25, -0.2) is 0 Å². The van der Waals surface area contributed by atoms with Crippen LogP contribution in [0.15, 0.2) is 10.5 Å². The third kappa shape index (κ3) is 3.37. The molecular weight excluding hydrogens is 314 g/mol. The van der Waals surface area contributed by atoms with E-state index in [4.69, 9.17) is 4.74 Å². The fourth-order valence-corrected chi connectivity index (χ4v) is 3.55. The van der Waals surface area contributed by atoms with Crippen LogP contribution in [0.25, 0.3) is 0 Å². The average Bonchev–Trinajstić information content (AvgIpc) is 2.44. The second kappa shape index (κ2) is 6.95. The summed E-state index contributed by atoms with van der Waals surface area (Å²) in [7, 11) is 1.80. The van der Waals surface area contributed by atoms with Crippen LogP contribution in [0.2, 0.25) is 0 Å². The Bertz CT molecular complexity index is 465. The van der Waals surface area contributed by atoms with Gasteiger partial charge in [0.05, 0.1) is 7.11 Å². The number of hydrogen-bond donors (Lipinski definition) is 1. The van der Waals surface area contributed by atoms with Gasteiger partial charge in [0.1, 0.15) is 5.75 Å². The maximum absolute atomic E-state index is 5.77. The molecule has 1 N–H and O–H groups in total. The maximum Gasteiger partial charge on any atom is 0.125 e. The highest BCUT2D eigenvalue weighted by molar-refractivity contribution is 9.10. The van der Waals surface area contributed by atoms with Gasteiger partial charge in [-0.15, -0.1) is 0 Å². The fourth-order valence-electron chi connectivity index (χ4n) is 3.06. The van der Waals surface area contributed by atoms with Crippen molar-refractivity contribution in [3.05, 3.63) is 27.2 Å². The van der Waals surface area contributed by atoms with Gasteiger partial charge < -0.3 is 10.1 Å². The number of halogens is 1. The Morgan fingerprint density at radius 1 is 1.40 bits per heavy atom. The van der Waals surface area contributed by atoms with Crippen LogP contribution < -0.4 is 10.1 Å². The molecule has 20 heavy (non-hydrogen) atoms. The number of piperidine rings is 1. The zero-order chi connectivity index (χ0) is 14.7. The lowest BCUT2D eigenvalue weighted by atomic mass is 9.90. The molecule has 2 rings (SSSR count). The molecule has 1 unspecified atom stereocenters. The Labute approximate surface area is 131 Å².